The molecule has 0 radical (unpaired) electrons. The highest BCUT2D eigenvalue weighted by atomic mass is 35.5. The largest absolute Gasteiger partial charge is 0.552 e. The van der Waals surface area contributed by atoms with Crippen LogP contribution in [0.5, 0.6) is 0 Å². The van der Waals surface area contributed by atoms with Gasteiger partial charge in [0.15, 0.2) is 6.10 Å². The molecule has 1 aliphatic rings. The van der Waals surface area contributed by atoms with Crippen molar-refractivity contribution in [3.05, 3.63) is 70.5 Å². The van der Waals surface area contributed by atoms with Gasteiger partial charge in [-0.25, -0.2) is 4.39 Å². The van der Waals surface area contributed by atoms with Crippen LogP contribution in [0.2, 0.25) is 5.02 Å². The molecule has 1 aliphatic heterocycles. The SMILES string of the molecule is CC(C)CC(NC(=O)CNC(=O)c1cc(Cl)ccc1F)B1OC(=O)C(c2ccccc2)O1. The molecule has 0 bridgehead atoms. The van der Waals surface area contributed by atoms with Crippen molar-refractivity contribution in [2.75, 3.05) is 6.54 Å². The molecule has 2 unspecified atom stereocenters. The molecule has 168 valence electrons. The molecule has 1 heterocycles. The predicted molar refractivity (Wildman–Crippen MR) is 117 cm³/mol. The lowest BCUT2D eigenvalue weighted by Gasteiger charge is -2.21. The van der Waals surface area contributed by atoms with Gasteiger partial charge in [-0.05, 0) is 36.1 Å². The molecule has 2 aromatic carbocycles. The van der Waals surface area contributed by atoms with Gasteiger partial charge < -0.3 is 19.9 Å². The molecule has 0 spiro atoms. The number of amides is 2. The van der Waals surface area contributed by atoms with E-state index < -0.39 is 49.3 Å². The molecule has 10 heteroatoms. The van der Waals surface area contributed by atoms with Crippen LogP contribution in [0.4, 0.5) is 4.39 Å². The van der Waals surface area contributed by atoms with Gasteiger partial charge in [0, 0.05) is 5.02 Å². The lowest BCUT2D eigenvalue weighted by Crippen LogP contribution is -2.50. The molecular weight excluding hydrogens is 438 g/mol. The Kier molecular flexibility index (Phi) is 7.87. The molecule has 1 fully saturated rings. The van der Waals surface area contributed by atoms with E-state index in [0.717, 1.165) is 6.07 Å². The second kappa shape index (κ2) is 10.6. The van der Waals surface area contributed by atoms with Gasteiger partial charge >= 0.3 is 13.1 Å². The lowest BCUT2D eigenvalue weighted by atomic mass is 9.74. The van der Waals surface area contributed by atoms with Gasteiger partial charge in [-0.15, -0.1) is 0 Å². The molecule has 0 saturated carbocycles. The van der Waals surface area contributed by atoms with E-state index in [1.807, 2.05) is 19.9 Å². The van der Waals surface area contributed by atoms with Crippen molar-refractivity contribution >= 4 is 36.5 Å². The summed E-state index contributed by atoms with van der Waals surface area (Å²) in [6.07, 6.45) is -0.402. The number of halogens is 2. The van der Waals surface area contributed by atoms with E-state index in [4.69, 9.17) is 20.9 Å². The minimum absolute atomic E-state index is 0.161. The molecule has 1 saturated heterocycles. The second-order valence-electron chi connectivity index (χ2n) is 7.84. The Morgan fingerprint density at radius 3 is 2.59 bits per heavy atom. The summed E-state index contributed by atoms with van der Waals surface area (Å²) in [7, 11) is -0.972. The summed E-state index contributed by atoms with van der Waals surface area (Å²) >= 11 is 5.80. The minimum atomic E-state index is -0.972. The van der Waals surface area contributed by atoms with Crippen LogP contribution in [0.1, 0.15) is 42.3 Å². The van der Waals surface area contributed by atoms with Crippen LogP contribution in [0.15, 0.2) is 48.5 Å². The second-order valence-corrected chi connectivity index (χ2v) is 8.28. The molecule has 3 rings (SSSR count). The van der Waals surface area contributed by atoms with Crippen molar-refractivity contribution in [1.82, 2.24) is 10.6 Å². The van der Waals surface area contributed by atoms with Crippen LogP contribution < -0.4 is 10.6 Å². The summed E-state index contributed by atoms with van der Waals surface area (Å²) in [5, 5.41) is 5.30. The first-order chi connectivity index (χ1) is 15.2. The molecule has 0 aliphatic carbocycles. The Morgan fingerprint density at radius 2 is 1.91 bits per heavy atom. The first-order valence-corrected chi connectivity index (χ1v) is 10.6. The Labute approximate surface area is 190 Å². The van der Waals surface area contributed by atoms with E-state index in [-0.39, 0.29) is 16.5 Å². The number of hydrogen-bond acceptors (Lipinski definition) is 5. The molecule has 2 N–H and O–H groups in total. The Hall–Kier alpha value is -2.91. The van der Waals surface area contributed by atoms with Crippen molar-refractivity contribution in [2.24, 2.45) is 5.92 Å². The highest BCUT2D eigenvalue weighted by Crippen LogP contribution is 2.28. The average Bonchev–Trinajstić information content (AvgIpc) is 3.15. The number of benzene rings is 2. The zero-order valence-electron chi connectivity index (χ0n) is 17.6. The zero-order valence-corrected chi connectivity index (χ0v) is 18.4. The molecular formula is C22H23BClFN2O5. The van der Waals surface area contributed by atoms with E-state index in [0.29, 0.717) is 12.0 Å². The van der Waals surface area contributed by atoms with Gasteiger partial charge in [-0.1, -0.05) is 55.8 Å². The van der Waals surface area contributed by atoms with Crippen LogP contribution in [0, 0.1) is 11.7 Å². The van der Waals surface area contributed by atoms with Gasteiger partial charge in [-0.3, -0.25) is 14.4 Å². The van der Waals surface area contributed by atoms with Crippen LogP contribution in [0.25, 0.3) is 0 Å². The third-order valence-electron chi connectivity index (χ3n) is 4.80. The summed E-state index contributed by atoms with van der Waals surface area (Å²) in [6.45, 7) is 3.50. The fraction of sp³-hybridized carbons (Fsp3) is 0.318. The van der Waals surface area contributed by atoms with E-state index in [1.165, 1.54) is 12.1 Å². The number of nitrogens with one attached hydrogen (secondary N) is 2. The van der Waals surface area contributed by atoms with Crippen molar-refractivity contribution in [1.29, 1.82) is 0 Å². The number of carbonyl (C=O) groups is 3. The monoisotopic (exact) mass is 460 g/mol. The summed E-state index contributed by atoms with van der Waals surface area (Å²) in [4.78, 5) is 37.0. The van der Waals surface area contributed by atoms with Gasteiger partial charge in [0.25, 0.3) is 5.91 Å². The molecule has 2 atom stereocenters. The fourth-order valence-electron chi connectivity index (χ4n) is 3.34. The topological polar surface area (TPSA) is 93.7 Å². The molecule has 2 aromatic rings. The molecule has 32 heavy (non-hydrogen) atoms. The van der Waals surface area contributed by atoms with Gasteiger partial charge in [0.2, 0.25) is 5.91 Å². The zero-order chi connectivity index (χ0) is 23.3. The summed E-state index contributed by atoms with van der Waals surface area (Å²) < 4.78 is 25.0. The van der Waals surface area contributed by atoms with E-state index >= 15 is 0 Å². The van der Waals surface area contributed by atoms with E-state index in [1.54, 1.807) is 24.3 Å². The maximum absolute atomic E-state index is 13.8. The Bertz CT molecular complexity index is 992. The summed E-state index contributed by atoms with van der Waals surface area (Å²) in [6, 6.07) is 12.5. The van der Waals surface area contributed by atoms with Crippen molar-refractivity contribution in [2.45, 2.75) is 32.3 Å². The molecule has 0 aromatic heterocycles. The third-order valence-corrected chi connectivity index (χ3v) is 5.04. The van der Waals surface area contributed by atoms with E-state index in [2.05, 4.69) is 10.6 Å². The minimum Gasteiger partial charge on any atom is -0.506 e. The Balaban J connectivity index is 1.61. The van der Waals surface area contributed by atoms with Crippen LogP contribution in [0.3, 0.4) is 0 Å². The number of rotatable bonds is 8. The van der Waals surface area contributed by atoms with Crippen LogP contribution in [-0.4, -0.2) is 37.4 Å². The van der Waals surface area contributed by atoms with Gasteiger partial charge in [-0.2, -0.15) is 0 Å². The van der Waals surface area contributed by atoms with Crippen molar-refractivity contribution < 1.29 is 28.1 Å². The van der Waals surface area contributed by atoms with Gasteiger partial charge in [0.05, 0.1) is 18.0 Å². The average molecular weight is 461 g/mol. The molecule has 7 nitrogen and oxygen atoms in total. The third kappa shape index (κ3) is 6.08. The van der Waals surface area contributed by atoms with E-state index in [9.17, 15) is 18.8 Å². The standard InChI is InChI=1S/C22H23BClFN2O5/c1-13(2)10-18(23-31-20(22(30)32-23)14-6-4-3-5-7-14)27-19(28)12-26-21(29)16-11-15(24)8-9-17(16)25/h3-9,11,13,18,20H,10,12H2,1-2H3,(H,26,29)(H,27,28). The summed E-state index contributed by atoms with van der Waals surface area (Å²) in [5.74, 6) is -3.05. The lowest BCUT2D eigenvalue weighted by molar-refractivity contribution is -0.136. The quantitative estimate of drug-likeness (QED) is 0.591. The van der Waals surface area contributed by atoms with Crippen LogP contribution in [-0.2, 0) is 18.9 Å². The van der Waals surface area contributed by atoms with Crippen LogP contribution >= 0.6 is 11.6 Å². The first kappa shape index (κ1) is 23.8. The van der Waals surface area contributed by atoms with Crippen molar-refractivity contribution in [3.63, 3.8) is 0 Å². The van der Waals surface area contributed by atoms with Gasteiger partial charge in [0.1, 0.15) is 5.82 Å². The maximum atomic E-state index is 13.8. The smallest absolute Gasteiger partial charge is 0.506 e. The molecule has 2 amide bonds. The van der Waals surface area contributed by atoms with Crippen molar-refractivity contribution in [3.8, 4) is 0 Å². The Morgan fingerprint density at radius 1 is 1.19 bits per heavy atom. The highest BCUT2D eigenvalue weighted by molar-refractivity contribution is 6.51. The predicted octanol–water partition coefficient (Wildman–Crippen LogP) is 3.08. The number of hydrogen-bond donors (Lipinski definition) is 2. The summed E-state index contributed by atoms with van der Waals surface area (Å²) in [5.41, 5.74) is 0.397. The normalized spacial score (nSPS) is 16.6. The first-order valence-electron chi connectivity index (χ1n) is 10.2. The fourth-order valence-corrected chi connectivity index (χ4v) is 3.52. The number of carbonyl (C=O) groups excluding carboxylic acids is 3. The highest BCUT2D eigenvalue weighted by Gasteiger charge is 2.46. The maximum Gasteiger partial charge on any atom is 0.552 e.